The highest BCUT2D eigenvalue weighted by Crippen LogP contribution is 2.33. The van der Waals surface area contributed by atoms with Gasteiger partial charge in [0, 0.05) is 44.0 Å². The molecule has 3 unspecified atom stereocenters. The first-order chi connectivity index (χ1) is 19.6. The van der Waals surface area contributed by atoms with E-state index >= 15 is 0 Å². The summed E-state index contributed by atoms with van der Waals surface area (Å²) in [5, 5.41) is 2.40. The molecule has 0 aliphatic carbocycles. The van der Waals surface area contributed by atoms with E-state index in [2.05, 4.69) is 0 Å². The predicted octanol–water partition coefficient (Wildman–Crippen LogP) is 2.89. The number of halogens is 1. The maximum Gasteiger partial charge on any atom is 0.250 e. The zero-order valence-electron chi connectivity index (χ0n) is 23.3. The molecular formula is C31H36ClN5O4. The van der Waals surface area contributed by atoms with Gasteiger partial charge in [0.1, 0.15) is 12.1 Å². The maximum atomic E-state index is 14.4. The number of fused-ring (bicyclic) bond motifs is 1. The molecule has 0 saturated carbocycles. The summed E-state index contributed by atoms with van der Waals surface area (Å²) >= 11 is 6.32. The Hall–Kier alpha value is -3.95. The molecule has 0 bridgehead atoms. The molecule has 216 valence electrons. The normalized spacial score (nSPS) is 18.2. The molecule has 4 rings (SSSR count). The van der Waals surface area contributed by atoms with Crippen molar-refractivity contribution in [2.45, 2.75) is 44.3 Å². The minimum atomic E-state index is -1.06. The number of amides is 4. The fraction of sp³-hybridized carbons (Fsp3) is 0.355. The van der Waals surface area contributed by atoms with Gasteiger partial charge >= 0.3 is 0 Å². The molecule has 4 amide bonds. The molecule has 1 aliphatic rings. The Balaban J connectivity index is 1.73. The van der Waals surface area contributed by atoms with Crippen molar-refractivity contribution in [2.75, 3.05) is 26.7 Å². The van der Waals surface area contributed by atoms with E-state index in [1.165, 1.54) is 21.7 Å². The molecule has 3 atom stereocenters. The fourth-order valence-corrected chi connectivity index (χ4v) is 5.71. The van der Waals surface area contributed by atoms with Crippen LogP contribution in [-0.2, 0) is 25.6 Å². The van der Waals surface area contributed by atoms with Gasteiger partial charge in [0.25, 0.3) is 5.91 Å². The van der Waals surface area contributed by atoms with Crippen LogP contribution in [0, 0.1) is 0 Å². The lowest BCUT2D eigenvalue weighted by Crippen LogP contribution is -2.53. The van der Waals surface area contributed by atoms with Crippen molar-refractivity contribution in [1.82, 2.24) is 14.7 Å². The van der Waals surface area contributed by atoms with Gasteiger partial charge in [-0.25, -0.2) is 0 Å². The van der Waals surface area contributed by atoms with Gasteiger partial charge in [-0.05, 0) is 47.4 Å². The summed E-state index contributed by atoms with van der Waals surface area (Å²) in [4.78, 5) is 57.8. The van der Waals surface area contributed by atoms with E-state index < -0.39 is 29.8 Å². The Kier molecular flexibility index (Phi) is 9.62. The third-order valence-corrected chi connectivity index (χ3v) is 7.90. The van der Waals surface area contributed by atoms with Crippen LogP contribution in [0.15, 0.2) is 66.7 Å². The highest BCUT2D eigenvalue weighted by Gasteiger charge is 2.43. The SMILES string of the molecule is CC1CCN(C(Cc2cccc3ccccc23)C(N)=O)C(=O)C(c2cccc(Cl)c2)N1C(=O)CN(C)C(=O)CCN. The van der Waals surface area contributed by atoms with Crippen LogP contribution in [0.3, 0.4) is 0 Å². The van der Waals surface area contributed by atoms with Crippen molar-refractivity contribution in [3.8, 4) is 0 Å². The summed E-state index contributed by atoms with van der Waals surface area (Å²) in [6.45, 7) is 2.03. The Bertz CT molecular complexity index is 1440. The summed E-state index contributed by atoms with van der Waals surface area (Å²) in [6.07, 6.45) is 0.746. The minimum Gasteiger partial charge on any atom is -0.368 e. The zero-order chi connectivity index (χ0) is 29.7. The fourth-order valence-electron chi connectivity index (χ4n) is 5.52. The average molecular weight is 578 g/mol. The first-order valence-corrected chi connectivity index (χ1v) is 14.1. The van der Waals surface area contributed by atoms with Crippen molar-refractivity contribution in [2.24, 2.45) is 11.5 Å². The monoisotopic (exact) mass is 577 g/mol. The minimum absolute atomic E-state index is 0.109. The molecule has 9 nitrogen and oxygen atoms in total. The van der Waals surface area contributed by atoms with Gasteiger partial charge in [-0.2, -0.15) is 0 Å². The number of primary amides is 1. The van der Waals surface area contributed by atoms with Crippen LogP contribution in [-0.4, -0.2) is 77.1 Å². The van der Waals surface area contributed by atoms with Crippen molar-refractivity contribution >= 4 is 46.0 Å². The number of carbonyl (C=O) groups is 4. The second-order valence-electron chi connectivity index (χ2n) is 10.5. The number of hydrogen-bond acceptors (Lipinski definition) is 5. The largest absolute Gasteiger partial charge is 0.368 e. The topological polar surface area (TPSA) is 130 Å². The summed E-state index contributed by atoms with van der Waals surface area (Å²) in [7, 11) is 1.54. The highest BCUT2D eigenvalue weighted by atomic mass is 35.5. The van der Waals surface area contributed by atoms with Crippen LogP contribution in [0.25, 0.3) is 10.8 Å². The Morgan fingerprint density at radius 3 is 2.49 bits per heavy atom. The Labute approximate surface area is 245 Å². The smallest absolute Gasteiger partial charge is 0.250 e. The molecule has 0 aromatic heterocycles. The lowest BCUT2D eigenvalue weighted by Gasteiger charge is -2.36. The number of benzene rings is 3. The summed E-state index contributed by atoms with van der Waals surface area (Å²) < 4.78 is 0. The average Bonchev–Trinajstić information content (AvgIpc) is 3.07. The Morgan fingerprint density at radius 2 is 1.78 bits per heavy atom. The number of rotatable bonds is 9. The zero-order valence-corrected chi connectivity index (χ0v) is 24.1. The standard InChI is InChI=1S/C31H36ClN5O4/c1-20-14-16-36(26(30(34)40)18-22-9-5-8-21-7-3-4-12-25(21)22)31(41)29(23-10-6-11-24(32)17-23)37(20)28(39)19-35(2)27(38)13-15-33/h3-12,17,20,26,29H,13-16,18-19,33H2,1-2H3,(H2,34,40). The number of nitrogens with zero attached hydrogens (tertiary/aromatic N) is 3. The summed E-state index contributed by atoms with van der Waals surface area (Å²) in [5.74, 6) is -1.71. The number of likely N-dealkylation sites (N-methyl/N-ethyl adjacent to an activating group) is 1. The van der Waals surface area contributed by atoms with Crippen molar-refractivity contribution < 1.29 is 19.2 Å². The van der Waals surface area contributed by atoms with Crippen LogP contribution < -0.4 is 11.5 Å². The van der Waals surface area contributed by atoms with Crippen LogP contribution in [0.2, 0.25) is 5.02 Å². The van der Waals surface area contributed by atoms with Gasteiger partial charge in [-0.15, -0.1) is 0 Å². The molecule has 1 aliphatic heterocycles. The van der Waals surface area contributed by atoms with Gasteiger partial charge in [-0.1, -0.05) is 66.2 Å². The van der Waals surface area contributed by atoms with E-state index in [-0.39, 0.29) is 44.4 Å². The predicted molar refractivity (Wildman–Crippen MR) is 159 cm³/mol. The molecule has 10 heteroatoms. The molecule has 3 aromatic rings. The molecular weight excluding hydrogens is 542 g/mol. The number of carbonyl (C=O) groups excluding carboxylic acids is 4. The van der Waals surface area contributed by atoms with E-state index in [0.717, 1.165) is 16.3 Å². The van der Waals surface area contributed by atoms with Crippen molar-refractivity contribution in [3.05, 3.63) is 82.9 Å². The van der Waals surface area contributed by atoms with E-state index in [1.54, 1.807) is 24.3 Å². The van der Waals surface area contributed by atoms with Gasteiger partial charge in [0.2, 0.25) is 17.7 Å². The van der Waals surface area contributed by atoms with E-state index in [1.807, 2.05) is 49.4 Å². The number of nitrogens with two attached hydrogens (primary N) is 2. The van der Waals surface area contributed by atoms with E-state index in [0.29, 0.717) is 17.0 Å². The molecule has 4 N–H and O–H groups in total. The molecule has 0 spiro atoms. The first-order valence-electron chi connectivity index (χ1n) is 13.7. The molecule has 0 radical (unpaired) electrons. The molecule has 1 heterocycles. The van der Waals surface area contributed by atoms with Gasteiger partial charge in [0.05, 0.1) is 6.54 Å². The molecule has 3 aromatic carbocycles. The van der Waals surface area contributed by atoms with Crippen LogP contribution in [0.4, 0.5) is 0 Å². The quantitative estimate of drug-likeness (QED) is 0.404. The van der Waals surface area contributed by atoms with E-state index in [9.17, 15) is 19.2 Å². The van der Waals surface area contributed by atoms with Crippen LogP contribution >= 0.6 is 11.6 Å². The van der Waals surface area contributed by atoms with Gasteiger partial charge in [-0.3, -0.25) is 19.2 Å². The molecule has 1 fully saturated rings. The highest BCUT2D eigenvalue weighted by molar-refractivity contribution is 6.30. The van der Waals surface area contributed by atoms with Crippen molar-refractivity contribution in [3.63, 3.8) is 0 Å². The van der Waals surface area contributed by atoms with Crippen molar-refractivity contribution in [1.29, 1.82) is 0 Å². The maximum absolute atomic E-state index is 14.4. The molecule has 1 saturated heterocycles. The van der Waals surface area contributed by atoms with Crippen LogP contribution in [0.1, 0.15) is 36.9 Å². The van der Waals surface area contributed by atoms with Crippen LogP contribution in [0.5, 0.6) is 0 Å². The third-order valence-electron chi connectivity index (χ3n) is 7.66. The Morgan fingerprint density at radius 1 is 1.07 bits per heavy atom. The van der Waals surface area contributed by atoms with E-state index in [4.69, 9.17) is 23.1 Å². The second kappa shape index (κ2) is 13.1. The number of hydrogen-bond donors (Lipinski definition) is 2. The summed E-state index contributed by atoms with van der Waals surface area (Å²) in [5.41, 5.74) is 12.9. The molecule has 41 heavy (non-hydrogen) atoms. The van der Waals surface area contributed by atoms with Gasteiger partial charge in [0.15, 0.2) is 0 Å². The lowest BCUT2D eigenvalue weighted by molar-refractivity contribution is -0.150. The first kappa shape index (κ1) is 30.0. The third kappa shape index (κ3) is 6.69. The summed E-state index contributed by atoms with van der Waals surface area (Å²) in [6, 6.07) is 18.1. The van der Waals surface area contributed by atoms with Gasteiger partial charge < -0.3 is 26.2 Å². The lowest BCUT2D eigenvalue weighted by atomic mass is 9.96. The second-order valence-corrected chi connectivity index (χ2v) is 10.9.